The van der Waals surface area contributed by atoms with Crippen molar-refractivity contribution in [1.82, 2.24) is 19.3 Å². The Labute approximate surface area is 257 Å². The summed E-state index contributed by atoms with van der Waals surface area (Å²) in [6, 6.07) is 20.2. The van der Waals surface area contributed by atoms with Crippen molar-refractivity contribution in [3.63, 3.8) is 0 Å². The van der Waals surface area contributed by atoms with Crippen LogP contribution in [0.5, 0.6) is 0 Å². The number of aromatic nitrogens is 4. The molecule has 6 rings (SSSR count). The van der Waals surface area contributed by atoms with E-state index in [4.69, 9.17) is 0 Å². The minimum atomic E-state index is -0.843. The van der Waals surface area contributed by atoms with E-state index in [-0.39, 0.29) is 17.8 Å². The number of anilines is 2. The number of halogens is 1. The van der Waals surface area contributed by atoms with Crippen LogP contribution in [0.2, 0.25) is 0 Å². The minimum Gasteiger partial charge on any atom is -0.386 e. The normalized spacial score (nSPS) is 14.5. The fraction of sp³-hybridized carbons (Fsp3) is 0.343. The van der Waals surface area contributed by atoms with Gasteiger partial charge in [0.1, 0.15) is 5.82 Å². The molecule has 5 aromatic rings. The van der Waals surface area contributed by atoms with Crippen LogP contribution in [0.1, 0.15) is 62.6 Å². The number of carbonyl (C=O) groups is 1. The van der Waals surface area contributed by atoms with E-state index in [9.17, 15) is 14.3 Å². The number of fused-ring (bicyclic) bond motifs is 1. The zero-order valence-corrected chi connectivity index (χ0v) is 25.7. The molecule has 0 radical (unpaired) electrons. The molecule has 1 saturated heterocycles. The van der Waals surface area contributed by atoms with Crippen molar-refractivity contribution in [2.24, 2.45) is 5.92 Å². The van der Waals surface area contributed by atoms with Gasteiger partial charge in [-0.15, -0.1) is 0 Å². The molecule has 1 amide bonds. The molecule has 1 fully saturated rings. The fourth-order valence-electron chi connectivity index (χ4n) is 5.99. The second kappa shape index (κ2) is 11.9. The summed E-state index contributed by atoms with van der Waals surface area (Å²) >= 11 is 0. The number of benzene rings is 3. The van der Waals surface area contributed by atoms with Gasteiger partial charge in [-0.3, -0.25) is 9.48 Å². The molecule has 3 aromatic carbocycles. The van der Waals surface area contributed by atoms with E-state index in [2.05, 4.69) is 32.4 Å². The molecule has 228 valence electrons. The highest BCUT2D eigenvalue weighted by Crippen LogP contribution is 2.30. The van der Waals surface area contributed by atoms with Crippen molar-refractivity contribution in [3.05, 3.63) is 96.3 Å². The molecule has 0 spiro atoms. The Hall–Kier alpha value is -4.50. The van der Waals surface area contributed by atoms with Gasteiger partial charge in [0.25, 0.3) is 5.91 Å². The number of hydrogen-bond acceptors (Lipinski definition) is 5. The van der Waals surface area contributed by atoms with E-state index >= 15 is 0 Å². The first-order valence-corrected chi connectivity index (χ1v) is 15.2. The first-order valence-electron chi connectivity index (χ1n) is 15.2. The highest BCUT2D eigenvalue weighted by atomic mass is 19.1. The largest absolute Gasteiger partial charge is 0.386 e. The molecular weight excluding hydrogens is 555 g/mol. The summed E-state index contributed by atoms with van der Waals surface area (Å²) in [6.07, 6.45) is 5.63. The van der Waals surface area contributed by atoms with E-state index in [0.29, 0.717) is 23.0 Å². The molecule has 0 aliphatic carbocycles. The molecule has 44 heavy (non-hydrogen) atoms. The number of imidazole rings is 1. The summed E-state index contributed by atoms with van der Waals surface area (Å²) in [7, 11) is 0. The van der Waals surface area contributed by atoms with Crippen molar-refractivity contribution >= 4 is 28.2 Å². The molecule has 2 N–H and O–H groups in total. The van der Waals surface area contributed by atoms with Crippen LogP contribution < -0.4 is 10.2 Å². The average molecular weight is 595 g/mol. The van der Waals surface area contributed by atoms with Crippen LogP contribution in [0.3, 0.4) is 0 Å². The van der Waals surface area contributed by atoms with Gasteiger partial charge in [0, 0.05) is 48.0 Å². The van der Waals surface area contributed by atoms with Crippen molar-refractivity contribution < 1.29 is 14.3 Å². The van der Waals surface area contributed by atoms with Crippen LogP contribution in [0.25, 0.3) is 22.2 Å². The summed E-state index contributed by atoms with van der Waals surface area (Å²) in [5, 5.41) is 19.0. The molecule has 0 atom stereocenters. The Morgan fingerprint density at radius 2 is 1.75 bits per heavy atom. The van der Waals surface area contributed by atoms with Gasteiger partial charge < -0.3 is 19.9 Å². The number of nitrogens with zero attached hydrogens (tertiary/aromatic N) is 5. The number of aliphatic hydroxyl groups is 1. The lowest BCUT2D eigenvalue weighted by molar-refractivity contribution is 0.0786. The van der Waals surface area contributed by atoms with Crippen LogP contribution in [0, 0.1) is 11.7 Å². The molecule has 0 saturated carbocycles. The standard InChI is InChI=1S/C35H39FN6O2/c1-23(2)41-22-37-32(33(41)25-5-10-28(36)11-6-25)34(43)39-29-12-7-26-20-38-42(31(26)19-29)21-24-15-17-40(18-16-24)30-13-8-27(9-14-30)35(3,4)44/h5-14,19-20,22-24,44H,15-18,21H2,1-4H3,(H,39,43). The molecular formula is C35H39FN6O2. The molecule has 2 aromatic heterocycles. The van der Waals surface area contributed by atoms with E-state index in [1.54, 1.807) is 32.3 Å². The topological polar surface area (TPSA) is 88.2 Å². The number of hydrogen-bond donors (Lipinski definition) is 2. The average Bonchev–Trinajstić information content (AvgIpc) is 3.63. The predicted octanol–water partition coefficient (Wildman–Crippen LogP) is 7.02. The lowest BCUT2D eigenvalue weighted by atomic mass is 9.95. The third-order valence-corrected chi connectivity index (χ3v) is 8.57. The molecule has 9 heteroatoms. The van der Waals surface area contributed by atoms with Gasteiger partial charge in [-0.05, 0) is 107 Å². The van der Waals surface area contributed by atoms with E-state index in [1.165, 1.54) is 17.8 Å². The minimum absolute atomic E-state index is 0.0703. The quantitative estimate of drug-likeness (QED) is 0.202. The molecule has 0 bridgehead atoms. The second-order valence-corrected chi connectivity index (χ2v) is 12.5. The molecule has 1 aliphatic heterocycles. The summed E-state index contributed by atoms with van der Waals surface area (Å²) in [4.78, 5) is 20.4. The highest BCUT2D eigenvalue weighted by molar-refractivity contribution is 6.07. The van der Waals surface area contributed by atoms with E-state index < -0.39 is 5.60 Å². The highest BCUT2D eigenvalue weighted by Gasteiger charge is 2.24. The SMILES string of the molecule is CC(C)n1cnc(C(=O)Nc2ccc3cnn(CC4CCN(c5ccc(C(C)(C)O)cc5)CC4)c3c2)c1-c1ccc(F)cc1. The lowest BCUT2D eigenvalue weighted by Crippen LogP contribution is -2.35. The monoisotopic (exact) mass is 594 g/mol. The van der Waals surface area contributed by atoms with Crippen molar-refractivity contribution in [1.29, 1.82) is 0 Å². The maximum absolute atomic E-state index is 13.6. The zero-order chi connectivity index (χ0) is 31.0. The molecule has 8 nitrogen and oxygen atoms in total. The third kappa shape index (κ3) is 6.10. The van der Waals surface area contributed by atoms with Crippen LogP contribution >= 0.6 is 0 Å². The summed E-state index contributed by atoms with van der Waals surface area (Å²) in [5.41, 5.74) is 4.57. The van der Waals surface area contributed by atoms with Crippen molar-refractivity contribution in [2.75, 3.05) is 23.3 Å². The predicted molar refractivity (Wildman–Crippen MR) is 172 cm³/mol. The fourth-order valence-corrected chi connectivity index (χ4v) is 5.99. The zero-order valence-electron chi connectivity index (χ0n) is 25.7. The third-order valence-electron chi connectivity index (χ3n) is 8.57. The Balaban J connectivity index is 1.15. The van der Waals surface area contributed by atoms with Crippen molar-refractivity contribution in [3.8, 4) is 11.3 Å². The van der Waals surface area contributed by atoms with Gasteiger partial charge in [-0.25, -0.2) is 9.37 Å². The Morgan fingerprint density at radius 3 is 2.41 bits per heavy atom. The Bertz CT molecular complexity index is 1760. The van der Waals surface area contributed by atoms with Crippen LogP contribution in [0.4, 0.5) is 15.8 Å². The van der Waals surface area contributed by atoms with Gasteiger partial charge in [0.05, 0.1) is 29.3 Å². The first kappa shape index (κ1) is 29.6. The maximum Gasteiger partial charge on any atom is 0.276 e. The van der Waals surface area contributed by atoms with Crippen LogP contribution in [-0.2, 0) is 12.1 Å². The molecule has 3 heterocycles. The maximum atomic E-state index is 13.6. The Morgan fingerprint density at radius 1 is 1.05 bits per heavy atom. The van der Waals surface area contributed by atoms with E-state index in [0.717, 1.165) is 54.5 Å². The van der Waals surface area contributed by atoms with Gasteiger partial charge >= 0.3 is 0 Å². The summed E-state index contributed by atoms with van der Waals surface area (Å²) in [6.45, 7) is 10.4. The van der Waals surface area contributed by atoms with Crippen LogP contribution in [0.15, 0.2) is 79.3 Å². The van der Waals surface area contributed by atoms with Gasteiger partial charge in [0.15, 0.2) is 5.69 Å². The number of nitrogens with one attached hydrogen (secondary N) is 1. The summed E-state index contributed by atoms with van der Waals surface area (Å²) < 4.78 is 17.6. The Kier molecular flexibility index (Phi) is 7.98. The van der Waals surface area contributed by atoms with E-state index in [1.807, 2.05) is 59.6 Å². The number of rotatable bonds is 8. The first-order chi connectivity index (χ1) is 21.1. The smallest absolute Gasteiger partial charge is 0.276 e. The van der Waals surface area contributed by atoms with Gasteiger partial charge in [-0.2, -0.15) is 5.10 Å². The van der Waals surface area contributed by atoms with Crippen LogP contribution in [-0.4, -0.2) is 43.4 Å². The number of amides is 1. The lowest BCUT2D eigenvalue weighted by Gasteiger charge is -2.34. The van der Waals surface area contributed by atoms with Gasteiger partial charge in [0.2, 0.25) is 0 Å². The number of piperidine rings is 1. The van der Waals surface area contributed by atoms with Gasteiger partial charge in [-0.1, -0.05) is 12.1 Å². The molecule has 0 unspecified atom stereocenters. The number of carbonyl (C=O) groups excluding carboxylic acids is 1. The second-order valence-electron chi connectivity index (χ2n) is 12.5. The summed E-state index contributed by atoms with van der Waals surface area (Å²) in [5.74, 6) is -0.165. The molecule has 1 aliphatic rings. The van der Waals surface area contributed by atoms with Crippen molar-refractivity contribution in [2.45, 2.75) is 58.7 Å².